The quantitative estimate of drug-likeness (QED) is 0.309. The Kier molecular flexibility index (Phi) is 9.18. The number of piperidine rings is 1. The number of amides is 2. The van der Waals surface area contributed by atoms with Gasteiger partial charge >= 0.3 is 0 Å². The van der Waals surface area contributed by atoms with Crippen molar-refractivity contribution in [2.75, 3.05) is 24.5 Å². The molecule has 4 aliphatic rings. The van der Waals surface area contributed by atoms with Gasteiger partial charge in [0.25, 0.3) is 5.91 Å². The van der Waals surface area contributed by atoms with Crippen LogP contribution in [0.2, 0.25) is 0 Å². The number of carbonyl (C=O) groups is 2. The van der Waals surface area contributed by atoms with Gasteiger partial charge in [0.15, 0.2) is 0 Å². The second-order valence-corrected chi connectivity index (χ2v) is 13.4. The van der Waals surface area contributed by atoms with Crippen LogP contribution in [0.1, 0.15) is 106 Å². The molecule has 0 aromatic heterocycles. The summed E-state index contributed by atoms with van der Waals surface area (Å²) < 4.78 is 6.47. The number of hydrogen-bond acceptors (Lipinski definition) is 4. The maximum atomic E-state index is 13.4. The molecule has 1 atom stereocenters. The normalized spacial score (nSPS) is 25.2. The third-order valence-corrected chi connectivity index (χ3v) is 10.5. The van der Waals surface area contributed by atoms with Crippen LogP contribution in [0.15, 0.2) is 48.5 Å². The summed E-state index contributed by atoms with van der Waals surface area (Å²) in [5.74, 6) is 2.03. The van der Waals surface area contributed by atoms with E-state index in [1.54, 1.807) is 0 Å². The van der Waals surface area contributed by atoms with Gasteiger partial charge in [-0.05, 0) is 98.6 Å². The highest BCUT2D eigenvalue weighted by Gasteiger charge is 2.39. The number of rotatable bonds is 10. The topological polar surface area (TPSA) is 61.9 Å². The molecule has 3 fully saturated rings. The van der Waals surface area contributed by atoms with E-state index in [-0.39, 0.29) is 24.1 Å². The second kappa shape index (κ2) is 13.2. The number of nitrogens with one attached hydrogen (secondary N) is 1. The number of benzene rings is 2. The monoisotopic (exact) mass is 571 g/mol. The molecule has 2 aliphatic carbocycles. The van der Waals surface area contributed by atoms with Crippen molar-refractivity contribution in [2.24, 2.45) is 11.3 Å². The summed E-state index contributed by atoms with van der Waals surface area (Å²) in [6.45, 7) is 4.62. The Morgan fingerprint density at radius 1 is 1.00 bits per heavy atom. The number of nitrogens with zero attached hydrogens (tertiary/aromatic N) is 2. The van der Waals surface area contributed by atoms with E-state index in [9.17, 15) is 9.59 Å². The van der Waals surface area contributed by atoms with Gasteiger partial charge in [-0.3, -0.25) is 14.9 Å². The van der Waals surface area contributed by atoms with Crippen LogP contribution in [0.25, 0.3) is 0 Å². The molecule has 1 N–H and O–H groups in total. The van der Waals surface area contributed by atoms with Gasteiger partial charge in [-0.1, -0.05) is 57.2 Å². The summed E-state index contributed by atoms with van der Waals surface area (Å²) in [4.78, 5) is 30.2. The molecule has 2 aromatic carbocycles. The van der Waals surface area contributed by atoms with Gasteiger partial charge in [-0.2, -0.15) is 0 Å². The first-order valence-electron chi connectivity index (χ1n) is 16.7. The Hall–Kier alpha value is -2.86. The maximum absolute atomic E-state index is 13.4. The average Bonchev–Trinajstić information content (AvgIpc) is 3.02. The molecule has 0 radical (unpaired) electrons. The Bertz CT molecular complexity index is 1210. The Balaban J connectivity index is 1.03. The van der Waals surface area contributed by atoms with Crippen LogP contribution in [0.5, 0.6) is 5.75 Å². The van der Waals surface area contributed by atoms with Crippen molar-refractivity contribution >= 4 is 17.5 Å². The summed E-state index contributed by atoms with van der Waals surface area (Å²) >= 11 is 0. The zero-order valence-corrected chi connectivity index (χ0v) is 25.5. The summed E-state index contributed by atoms with van der Waals surface area (Å²) in [6.07, 6.45) is 16.0. The van der Waals surface area contributed by atoms with E-state index in [0.717, 1.165) is 62.4 Å². The van der Waals surface area contributed by atoms with E-state index in [1.807, 2.05) is 46.2 Å². The zero-order valence-electron chi connectivity index (χ0n) is 25.5. The van der Waals surface area contributed by atoms with E-state index >= 15 is 0 Å². The minimum Gasteiger partial charge on any atom is -0.475 e. The number of unbranched alkanes of at least 4 members (excludes halogenated alkanes) is 1. The molecule has 6 rings (SSSR count). The molecule has 2 saturated carbocycles. The fourth-order valence-electron chi connectivity index (χ4n) is 8.20. The van der Waals surface area contributed by atoms with Crippen LogP contribution >= 0.6 is 0 Å². The summed E-state index contributed by atoms with van der Waals surface area (Å²) in [7, 11) is 0. The average molecular weight is 572 g/mol. The number of anilines is 1. The van der Waals surface area contributed by atoms with Crippen LogP contribution in [-0.4, -0.2) is 48.6 Å². The Labute approximate surface area is 252 Å². The third-order valence-electron chi connectivity index (χ3n) is 10.5. The summed E-state index contributed by atoms with van der Waals surface area (Å²) in [5.41, 5.74) is 3.47. The van der Waals surface area contributed by atoms with Gasteiger partial charge in [0.2, 0.25) is 5.91 Å². The molecule has 1 unspecified atom stereocenters. The summed E-state index contributed by atoms with van der Waals surface area (Å²) in [6, 6.07) is 16.2. The van der Waals surface area contributed by atoms with Crippen molar-refractivity contribution in [1.82, 2.24) is 10.2 Å². The van der Waals surface area contributed by atoms with Crippen molar-refractivity contribution in [3.8, 4) is 5.75 Å². The largest absolute Gasteiger partial charge is 0.475 e. The van der Waals surface area contributed by atoms with Gasteiger partial charge in [0.1, 0.15) is 12.0 Å². The minimum atomic E-state index is 0.00448. The number of para-hydroxylation sites is 1. The van der Waals surface area contributed by atoms with Crippen LogP contribution < -0.4 is 15.0 Å². The lowest BCUT2D eigenvalue weighted by Gasteiger charge is -2.46. The molecule has 226 valence electrons. The molecular weight excluding hydrogens is 522 g/mol. The summed E-state index contributed by atoms with van der Waals surface area (Å²) in [5, 5.41) is 3.82. The molecule has 6 heteroatoms. The lowest BCUT2D eigenvalue weighted by atomic mass is 9.62. The molecule has 2 amide bonds. The van der Waals surface area contributed by atoms with Crippen LogP contribution in [0.4, 0.5) is 5.69 Å². The van der Waals surface area contributed by atoms with Crippen molar-refractivity contribution in [3.63, 3.8) is 0 Å². The lowest BCUT2D eigenvalue weighted by molar-refractivity contribution is -0.119. The third kappa shape index (κ3) is 6.54. The second-order valence-electron chi connectivity index (χ2n) is 13.4. The predicted octanol–water partition coefficient (Wildman–Crippen LogP) is 7.12. The molecule has 6 nitrogen and oxygen atoms in total. The number of ether oxygens (including phenoxy) is 1. The highest BCUT2D eigenvalue weighted by molar-refractivity contribution is 5.97. The van der Waals surface area contributed by atoms with Crippen LogP contribution in [0, 0.1) is 11.3 Å². The van der Waals surface area contributed by atoms with E-state index in [4.69, 9.17) is 4.74 Å². The Morgan fingerprint density at radius 2 is 1.74 bits per heavy atom. The molecule has 0 spiro atoms. The van der Waals surface area contributed by atoms with Gasteiger partial charge in [-0.25, -0.2) is 0 Å². The van der Waals surface area contributed by atoms with E-state index in [1.165, 1.54) is 50.5 Å². The first kappa shape index (κ1) is 29.2. The lowest BCUT2D eigenvalue weighted by Crippen LogP contribution is -2.50. The highest BCUT2D eigenvalue weighted by Crippen LogP contribution is 2.48. The SMILES string of the molecule is CCCCC(NCC12CCCC(CCC1)C2)Oc1ccc(C(=O)N2CCC(N3C(=O)CCc4ccccc43)CC2)cc1. The number of likely N-dealkylation sites (tertiary alicyclic amines) is 1. The van der Waals surface area contributed by atoms with Crippen molar-refractivity contribution in [2.45, 2.75) is 109 Å². The molecule has 2 heterocycles. The van der Waals surface area contributed by atoms with Crippen molar-refractivity contribution in [1.29, 1.82) is 0 Å². The highest BCUT2D eigenvalue weighted by atomic mass is 16.5. The van der Waals surface area contributed by atoms with Gasteiger partial charge in [-0.15, -0.1) is 0 Å². The molecule has 2 aliphatic heterocycles. The maximum Gasteiger partial charge on any atom is 0.253 e. The number of fused-ring (bicyclic) bond motifs is 3. The molecular formula is C36H49N3O3. The zero-order chi connectivity index (χ0) is 28.9. The first-order valence-corrected chi connectivity index (χ1v) is 16.7. The van der Waals surface area contributed by atoms with E-state index < -0.39 is 0 Å². The van der Waals surface area contributed by atoms with Crippen molar-refractivity contribution in [3.05, 3.63) is 59.7 Å². The van der Waals surface area contributed by atoms with E-state index in [2.05, 4.69) is 24.4 Å². The van der Waals surface area contributed by atoms with Gasteiger partial charge < -0.3 is 14.5 Å². The molecule has 42 heavy (non-hydrogen) atoms. The van der Waals surface area contributed by atoms with Gasteiger partial charge in [0.05, 0.1) is 0 Å². The minimum absolute atomic E-state index is 0.00448. The molecule has 2 bridgehead atoms. The predicted molar refractivity (Wildman–Crippen MR) is 168 cm³/mol. The standard InChI is InChI=1S/C36H49N3O3/c1-2-3-12-33(37-26-36-21-6-8-27(25-36)9-7-22-36)42-31-16-13-29(14-17-31)35(41)38-23-19-30(20-24-38)39-32-11-5-4-10-28(32)15-18-34(39)40/h4-5,10-11,13-14,16-17,27,30,33,37H,2-3,6-9,12,15,18-26H2,1H3. The number of hydrogen-bond donors (Lipinski definition) is 1. The van der Waals surface area contributed by atoms with E-state index in [0.29, 0.717) is 30.5 Å². The fraction of sp³-hybridized carbons (Fsp3) is 0.611. The molecule has 2 aromatic rings. The van der Waals surface area contributed by atoms with Crippen molar-refractivity contribution < 1.29 is 14.3 Å². The first-order chi connectivity index (χ1) is 20.5. The smallest absolute Gasteiger partial charge is 0.253 e. The van der Waals surface area contributed by atoms with Crippen LogP contribution in [0.3, 0.4) is 0 Å². The molecule has 1 saturated heterocycles. The Morgan fingerprint density at radius 3 is 2.48 bits per heavy atom. The van der Waals surface area contributed by atoms with Crippen LogP contribution in [-0.2, 0) is 11.2 Å². The fourth-order valence-corrected chi connectivity index (χ4v) is 8.20. The number of aryl methyl sites for hydroxylation is 1. The number of carbonyl (C=O) groups excluding carboxylic acids is 2. The van der Waals surface area contributed by atoms with Gasteiger partial charge in [0, 0.05) is 43.3 Å².